The highest BCUT2D eigenvalue weighted by molar-refractivity contribution is 6.02. The van der Waals surface area contributed by atoms with Crippen LogP contribution in [-0.4, -0.2) is 21.8 Å². The van der Waals surface area contributed by atoms with Crippen molar-refractivity contribution in [2.45, 2.75) is 13.3 Å². The Hall–Kier alpha value is -3.73. The SMILES string of the molecule is CC/C(=N\NC(=O)c1cc(-c2ccc3ccccc3c2)n[nH]1)c1ccccc1. The van der Waals surface area contributed by atoms with Crippen LogP contribution in [0, 0.1) is 0 Å². The Bertz CT molecular complexity index is 1150. The number of carbonyl (C=O) groups is 1. The molecule has 5 heteroatoms. The van der Waals surface area contributed by atoms with Gasteiger partial charge in [-0.1, -0.05) is 73.7 Å². The summed E-state index contributed by atoms with van der Waals surface area (Å²) < 4.78 is 0. The molecule has 0 atom stereocenters. The molecule has 0 radical (unpaired) electrons. The van der Waals surface area contributed by atoms with Crippen molar-refractivity contribution in [3.8, 4) is 11.3 Å². The van der Waals surface area contributed by atoms with Crippen LogP contribution in [-0.2, 0) is 0 Å². The van der Waals surface area contributed by atoms with E-state index in [0.29, 0.717) is 5.69 Å². The van der Waals surface area contributed by atoms with Crippen molar-refractivity contribution in [3.05, 3.63) is 90.1 Å². The van der Waals surface area contributed by atoms with Gasteiger partial charge in [0.25, 0.3) is 5.91 Å². The summed E-state index contributed by atoms with van der Waals surface area (Å²) in [6.45, 7) is 2.01. The van der Waals surface area contributed by atoms with E-state index in [1.54, 1.807) is 6.07 Å². The van der Waals surface area contributed by atoms with E-state index in [1.165, 1.54) is 5.39 Å². The Kier molecular flexibility index (Phi) is 4.97. The summed E-state index contributed by atoms with van der Waals surface area (Å²) in [5, 5.41) is 13.7. The van der Waals surface area contributed by atoms with Crippen LogP contribution in [0.2, 0.25) is 0 Å². The van der Waals surface area contributed by atoms with Crippen molar-refractivity contribution in [1.29, 1.82) is 0 Å². The quantitative estimate of drug-likeness (QED) is 0.393. The second kappa shape index (κ2) is 7.88. The molecule has 0 fully saturated rings. The maximum Gasteiger partial charge on any atom is 0.289 e. The standard InChI is InChI=1S/C23H20N4O/c1-2-20(17-9-4-3-5-10-17)24-27-23(28)22-15-21(25-26-22)19-13-12-16-8-6-7-11-18(16)14-19/h3-15H,2H2,1H3,(H,25,26)(H,27,28)/b24-20+. The van der Waals surface area contributed by atoms with Gasteiger partial charge in [-0.25, -0.2) is 5.43 Å². The van der Waals surface area contributed by atoms with Gasteiger partial charge in [-0.05, 0) is 34.9 Å². The zero-order valence-corrected chi connectivity index (χ0v) is 15.5. The van der Waals surface area contributed by atoms with Crippen LogP contribution < -0.4 is 5.43 Å². The summed E-state index contributed by atoms with van der Waals surface area (Å²) in [4.78, 5) is 12.5. The fourth-order valence-corrected chi connectivity index (χ4v) is 3.09. The van der Waals surface area contributed by atoms with Gasteiger partial charge in [0.2, 0.25) is 0 Å². The number of fused-ring (bicyclic) bond motifs is 1. The number of amides is 1. The molecule has 4 rings (SSSR count). The molecular weight excluding hydrogens is 348 g/mol. The number of hydrogen-bond donors (Lipinski definition) is 2. The molecule has 138 valence electrons. The summed E-state index contributed by atoms with van der Waals surface area (Å²) in [5.74, 6) is -0.318. The minimum atomic E-state index is -0.318. The molecule has 28 heavy (non-hydrogen) atoms. The number of nitrogens with one attached hydrogen (secondary N) is 2. The predicted molar refractivity (Wildman–Crippen MR) is 112 cm³/mol. The lowest BCUT2D eigenvalue weighted by Crippen LogP contribution is -2.20. The lowest BCUT2D eigenvalue weighted by Gasteiger charge is -2.04. The van der Waals surface area contributed by atoms with Gasteiger partial charge in [0, 0.05) is 5.56 Å². The third kappa shape index (κ3) is 3.69. The molecular formula is C23H20N4O. The highest BCUT2D eigenvalue weighted by Gasteiger charge is 2.11. The van der Waals surface area contributed by atoms with Gasteiger partial charge in [-0.15, -0.1) is 0 Å². The van der Waals surface area contributed by atoms with Crippen molar-refractivity contribution >= 4 is 22.4 Å². The van der Waals surface area contributed by atoms with Gasteiger partial charge in [0.05, 0.1) is 11.4 Å². The van der Waals surface area contributed by atoms with Crippen molar-refractivity contribution in [2.24, 2.45) is 5.10 Å². The third-order valence-electron chi connectivity index (χ3n) is 4.60. The Morgan fingerprint density at radius 2 is 1.71 bits per heavy atom. The van der Waals surface area contributed by atoms with E-state index in [4.69, 9.17) is 0 Å². The second-order valence-corrected chi connectivity index (χ2v) is 6.45. The molecule has 0 spiro atoms. The van der Waals surface area contributed by atoms with Crippen molar-refractivity contribution < 1.29 is 4.79 Å². The Balaban J connectivity index is 1.53. The maximum absolute atomic E-state index is 12.5. The van der Waals surface area contributed by atoms with Gasteiger partial charge < -0.3 is 0 Å². The molecule has 0 saturated heterocycles. The van der Waals surface area contributed by atoms with E-state index in [9.17, 15) is 4.79 Å². The van der Waals surface area contributed by atoms with Crippen molar-refractivity contribution in [2.75, 3.05) is 0 Å². The molecule has 5 nitrogen and oxygen atoms in total. The summed E-state index contributed by atoms with van der Waals surface area (Å²) >= 11 is 0. The van der Waals surface area contributed by atoms with E-state index in [2.05, 4.69) is 45.0 Å². The first kappa shape index (κ1) is 17.7. The number of nitrogens with zero attached hydrogens (tertiary/aromatic N) is 2. The molecule has 1 heterocycles. The predicted octanol–water partition coefficient (Wildman–Crippen LogP) is 4.77. The number of benzene rings is 3. The van der Waals surface area contributed by atoms with Crippen LogP contribution in [0.5, 0.6) is 0 Å². The minimum absolute atomic E-state index is 0.318. The molecule has 1 amide bonds. The van der Waals surface area contributed by atoms with Gasteiger partial charge in [-0.3, -0.25) is 9.89 Å². The maximum atomic E-state index is 12.5. The third-order valence-corrected chi connectivity index (χ3v) is 4.60. The van der Waals surface area contributed by atoms with Gasteiger partial charge in [0.15, 0.2) is 0 Å². The lowest BCUT2D eigenvalue weighted by atomic mass is 10.1. The minimum Gasteiger partial charge on any atom is -0.272 e. The monoisotopic (exact) mass is 368 g/mol. The molecule has 0 aliphatic heterocycles. The molecule has 0 aliphatic carbocycles. The van der Waals surface area contributed by atoms with Crippen molar-refractivity contribution in [3.63, 3.8) is 0 Å². The Morgan fingerprint density at radius 3 is 2.50 bits per heavy atom. The highest BCUT2D eigenvalue weighted by Crippen LogP contribution is 2.23. The molecule has 0 aliphatic rings. The zero-order valence-electron chi connectivity index (χ0n) is 15.5. The molecule has 0 saturated carbocycles. The van der Waals surface area contributed by atoms with Crippen LogP contribution in [0.15, 0.2) is 84.0 Å². The molecule has 3 aromatic carbocycles. The smallest absolute Gasteiger partial charge is 0.272 e. The summed E-state index contributed by atoms with van der Waals surface area (Å²) in [7, 11) is 0. The number of aromatic nitrogens is 2. The van der Waals surface area contributed by atoms with Gasteiger partial charge in [0.1, 0.15) is 5.69 Å². The largest absolute Gasteiger partial charge is 0.289 e. The number of hydrazone groups is 1. The first-order valence-electron chi connectivity index (χ1n) is 9.21. The number of rotatable bonds is 5. The van der Waals surface area contributed by atoms with Crippen LogP contribution in [0.3, 0.4) is 0 Å². The molecule has 4 aromatic rings. The second-order valence-electron chi connectivity index (χ2n) is 6.45. The van der Waals surface area contributed by atoms with E-state index in [1.807, 2.05) is 55.5 Å². The first-order chi connectivity index (χ1) is 13.7. The van der Waals surface area contributed by atoms with Crippen LogP contribution in [0.4, 0.5) is 0 Å². The summed E-state index contributed by atoms with van der Waals surface area (Å²) in [5.41, 5.74) is 6.48. The zero-order chi connectivity index (χ0) is 19.3. The number of hydrogen-bond acceptors (Lipinski definition) is 3. The average molecular weight is 368 g/mol. The van der Waals surface area contributed by atoms with Crippen molar-refractivity contribution in [1.82, 2.24) is 15.6 Å². The molecule has 0 unspecified atom stereocenters. The van der Waals surface area contributed by atoms with Crippen LogP contribution in [0.25, 0.3) is 22.0 Å². The van der Waals surface area contributed by atoms with Gasteiger partial charge in [-0.2, -0.15) is 10.2 Å². The fraction of sp³-hybridized carbons (Fsp3) is 0.0870. The first-order valence-corrected chi connectivity index (χ1v) is 9.21. The van der Waals surface area contributed by atoms with Crippen LogP contribution >= 0.6 is 0 Å². The number of H-pyrrole nitrogens is 1. The van der Waals surface area contributed by atoms with Gasteiger partial charge >= 0.3 is 0 Å². The molecule has 0 bridgehead atoms. The Labute approximate surface area is 163 Å². The topological polar surface area (TPSA) is 70.1 Å². The Morgan fingerprint density at radius 1 is 0.964 bits per heavy atom. The van der Waals surface area contributed by atoms with E-state index >= 15 is 0 Å². The highest BCUT2D eigenvalue weighted by atomic mass is 16.2. The van der Waals surface area contributed by atoms with E-state index in [0.717, 1.165) is 34.3 Å². The summed E-state index contributed by atoms with van der Waals surface area (Å²) in [6.07, 6.45) is 0.718. The lowest BCUT2D eigenvalue weighted by molar-refractivity contribution is 0.0950. The molecule has 2 N–H and O–H groups in total. The average Bonchev–Trinajstić information content (AvgIpc) is 3.25. The number of carbonyl (C=O) groups excluding carboxylic acids is 1. The van der Waals surface area contributed by atoms with E-state index in [-0.39, 0.29) is 5.91 Å². The van der Waals surface area contributed by atoms with Crippen LogP contribution in [0.1, 0.15) is 29.4 Å². The molecule has 1 aromatic heterocycles. The summed E-state index contributed by atoms with van der Waals surface area (Å²) in [6, 6.07) is 25.8. The number of aromatic amines is 1. The fourth-order valence-electron chi connectivity index (χ4n) is 3.09. The normalized spacial score (nSPS) is 11.5. The van der Waals surface area contributed by atoms with E-state index < -0.39 is 0 Å².